The molecule has 0 spiro atoms. The van der Waals surface area contributed by atoms with E-state index in [0.717, 1.165) is 16.4 Å². The normalized spacial score (nSPS) is 11.3. The zero-order valence-electron chi connectivity index (χ0n) is 21.5. The van der Waals surface area contributed by atoms with Gasteiger partial charge in [0.15, 0.2) is 0 Å². The van der Waals surface area contributed by atoms with E-state index in [-0.39, 0.29) is 26.9 Å². The Bertz CT molecular complexity index is 1750. The highest BCUT2D eigenvalue weighted by atomic mass is 32.2. The van der Waals surface area contributed by atoms with E-state index >= 15 is 0 Å². The molecule has 212 valence electrons. The molecule has 1 amide bonds. The number of anilines is 3. The van der Waals surface area contributed by atoms with Crippen LogP contribution in [0, 0.1) is 10.1 Å². The van der Waals surface area contributed by atoms with E-state index in [1.165, 1.54) is 67.8 Å². The molecule has 0 aliphatic carbocycles. The van der Waals surface area contributed by atoms with Gasteiger partial charge in [-0.15, -0.1) is 0 Å². The third-order valence-electron chi connectivity index (χ3n) is 5.76. The van der Waals surface area contributed by atoms with Crippen LogP contribution < -0.4 is 19.1 Å². The number of sulfonamides is 2. The van der Waals surface area contributed by atoms with Crippen molar-refractivity contribution in [2.75, 3.05) is 28.0 Å². The fourth-order valence-corrected chi connectivity index (χ4v) is 6.20. The second-order valence-electron chi connectivity index (χ2n) is 8.50. The molecule has 4 aromatic rings. The van der Waals surface area contributed by atoms with Crippen LogP contribution in [-0.2, 0) is 24.8 Å². The molecule has 0 aliphatic heterocycles. The molecule has 14 heteroatoms. The summed E-state index contributed by atoms with van der Waals surface area (Å²) in [5.74, 6) is -0.161. The number of carbonyl (C=O) groups is 1. The summed E-state index contributed by atoms with van der Waals surface area (Å²) in [4.78, 5) is 23.2. The Morgan fingerprint density at radius 3 is 1.95 bits per heavy atom. The number of benzene rings is 4. The number of nitro groups is 1. The van der Waals surface area contributed by atoms with Crippen LogP contribution in [-0.4, -0.2) is 41.3 Å². The Kier molecular flexibility index (Phi) is 8.54. The molecule has 0 unspecified atom stereocenters. The van der Waals surface area contributed by atoms with E-state index in [0.29, 0.717) is 11.4 Å². The Balaban J connectivity index is 1.52. The Labute approximate surface area is 236 Å². The summed E-state index contributed by atoms with van der Waals surface area (Å²) in [6.07, 6.45) is 0. The van der Waals surface area contributed by atoms with Gasteiger partial charge in [0.2, 0.25) is 5.91 Å². The lowest BCUT2D eigenvalue weighted by molar-refractivity contribution is -0.384. The molecule has 4 aromatic carbocycles. The molecule has 0 fully saturated rings. The van der Waals surface area contributed by atoms with Gasteiger partial charge >= 0.3 is 0 Å². The number of hydrogen-bond acceptors (Lipinski definition) is 8. The Hall–Kier alpha value is -4.95. The molecule has 4 rings (SSSR count). The maximum absolute atomic E-state index is 13.4. The average Bonchev–Trinajstić information content (AvgIpc) is 2.97. The standard InChI is InChI=1S/C27H24N4O8S2/c1-39-24-15-7-21(8-16-24)29-40(35,36)25-17-9-20(10-18-25)28-27(32)19-30(22-11-13-23(14-12-22)31(33)34)41(37,38)26-5-3-2-4-6-26/h2-18,29H,19H2,1H3,(H,28,32). The van der Waals surface area contributed by atoms with Crippen molar-refractivity contribution in [3.05, 3.63) is 113 Å². The lowest BCUT2D eigenvalue weighted by Crippen LogP contribution is -2.38. The van der Waals surface area contributed by atoms with Crippen molar-refractivity contribution >= 4 is 48.7 Å². The largest absolute Gasteiger partial charge is 0.497 e. The van der Waals surface area contributed by atoms with Crippen molar-refractivity contribution in [2.24, 2.45) is 0 Å². The molecule has 0 heterocycles. The van der Waals surface area contributed by atoms with E-state index in [4.69, 9.17) is 4.74 Å². The quantitative estimate of drug-likeness (QED) is 0.192. The van der Waals surface area contributed by atoms with Crippen molar-refractivity contribution in [2.45, 2.75) is 9.79 Å². The molecule has 0 atom stereocenters. The molecule has 2 N–H and O–H groups in total. The van der Waals surface area contributed by atoms with Crippen LogP contribution >= 0.6 is 0 Å². The van der Waals surface area contributed by atoms with E-state index < -0.39 is 37.4 Å². The van der Waals surface area contributed by atoms with E-state index in [1.807, 2.05) is 0 Å². The fourth-order valence-electron chi connectivity index (χ4n) is 3.70. The topological polar surface area (TPSA) is 165 Å². The first-order valence-corrected chi connectivity index (χ1v) is 14.8. The van der Waals surface area contributed by atoms with Gasteiger partial charge in [0.05, 0.1) is 27.5 Å². The number of carbonyl (C=O) groups excluding carboxylic acids is 1. The number of non-ortho nitro benzene ring substituents is 1. The van der Waals surface area contributed by atoms with Gasteiger partial charge in [0, 0.05) is 23.5 Å². The van der Waals surface area contributed by atoms with E-state index in [9.17, 15) is 31.7 Å². The van der Waals surface area contributed by atoms with Gasteiger partial charge in [-0.2, -0.15) is 0 Å². The lowest BCUT2D eigenvalue weighted by atomic mass is 10.3. The number of nitrogens with zero attached hydrogens (tertiary/aromatic N) is 2. The maximum atomic E-state index is 13.4. The summed E-state index contributed by atoms with van der Waals surface area (Å²) in [6.45, 7) is -0.659. The van der Waals surface area contributed by atoms with E-state index in [2.05, 4.69) is 10.0 Å². The molecule has 0 saturated carbocycles. The molecule has 0 aromatic heterocycles. The molecule has 0 radical (unpaired) electrons. The minimum absolute atomic E-state index is 0.0423. The first-order valence-electron chi connectivity index (χ1n) is 11.9. The zero-order valence-corrected chi connectivity index (χ0v) is 23.1. The molecule has 41 heavy (non-hydrogen) atoms. The number of nitrogens with one attached hydrogen (secondary N) is 2. The summed E-state index contributed by atoms with van der Waals surface area (Å²) in [5.41, 5.74) is 0.348. The van der Waals surface area contributed by atoms with Crippen molar-refractivity contribution in [1.82, 2.24) is 0 Å². The van der Waals surface area contributed by atoms with Crippen LogP contribution in [0.3, 0.4) is 0 Å². The van der Waals surface area contributed by atoms with Gasteiger partial charge in [0.1, 0.15) is 12.3 Å². The summed E-state index contributed by atoms with van der Waals surface area (Å²) in [5, 5.41) is 13.6. The second-order valence-corrected chi connectivity index (χ2v) is 12.0. The summed E-state index contributed by atoms with van der Waals surface area (Å²) >= 11 is 0. The average molecular weight is 597 g/mol. The number of methoxy groups -OCH3 is 1. The number of rotatable bonds is 11. The predicted octanol–water partition coefficient (Wildman–Crippen LogP) is 4.24. The molecular weight excluding hydrogens is 572 g/mol. The molecule has 0 bridgehead atoms. The third-order valence-corrected chi connectivity index (χ3v) is 8.94. The molecule has 0 saturated heterocycles. The third kappa shape index (κ3) is 6.98. The fraction of sp³-hybridized carbons (Fsp3) is 0.0741. The number of ether oxygens (including phenoxy) is 1. The predicted molar refractivity (Wildman–Crippen MR) is 153 cm³/mol. The van der Waals surface area contributed by atoms with Crippen molar-refractivity contribution in [3.63, 3.8) is 0 Å². The highest BCUT2D eigenvalue weighted by Gasteiger charge is 2.27. The minimum atomic E-state index is -4.23. The van der Waals surface area contributed by atoms with Crippen LogP contribution in [0.5, 0.6) is 5.75 Å². The van der Waals surface area contributed by atoms with Crippen LogP contribution in [0.2, 0.25) is 0 Å². The smallest absolute Gasteiger partial charge is 0.269 e. The summed E-state index contributed by atoms with van der Waals surface area (Å²) in [7, 11) is -6.66. The van der Waals surface area contributed by atoms with E-state index in [1.54, 1.807) is 30.3 Å². The molecule has 12 nitrogen and oxygen atoms in total. The second kappa shape index (κ2) is 12.1. The lowest BCUT2D eigenvalue weighted by Gasteiger charge is -2.24. The van der Waals surface area contributed by atoms with Crippen LogP contribution in [0.4, 0.5) is 22.7 Å². The van der Waals surface area contributed by atoms with Crippen molar-refractivity contribution in [1.29, 1.82) is 0 Å². The highest BCUT2D eigenvalue weighted by Crippen LogP contribution is 2.26. The van der Waals surface area contributed by atoms with Crippen LogP contribution in [0.25, 0.3) is 0 Å². The van der Waals surface area contributed by atoms with Crippen molar-refractivity contribution < 1.29 is 31.3 Å². The van der Waals surface area contributed by atoms with Gasteiger partial charge < -0.3 is 10.1 Å². The summed E-state index contributed by atoms with van der Waals surface area (Å²) < 4.78 is 60.7. The Morgan fingerprint density at radius 1 is 0.805 bits per heavy atom. The van der Waals surface area contributed by atoms with Gasteiger partial charge in [-0.05, 0) is 72.8 Å². The van der Waals surface area contributed by atoms with Gasteiger partial charge in [-0.25, -0.2) is 16.8 Å². The van der Waals surface area contributed by atoms with Gasteiger partial charge in [-0.3, -0.25) is 23.9 Å². The summed E-state index contributed by atoms with van der Waals surface area (Å²) in [6, 6.07) is 23.8. The van der Waals surface area contributed by atoms with Gasteiger partial charge in [0.25, 0.3) is 25.7 Å². The van der Waals surface area contributed by atoms with Crippen LogP contribution in [0.15, 0.2) is 113 Å². The maximum Gasteiger partial charge on any atom is 0.269 e. The van der Waals surface area contributed by atoms with Gasteiger partial charge in [-0.1, -0.05) is 18.2 Å². The van der Waals surface area contributed by atoms with Crippen molar-refractivity contribution in [3.8, 4) is 5.75 Å². The molecule has 0 aliphatic rings. The minimum Gasteiger partial charge on any atom is -0.497 e. The molecular formula is C27H24N4O8S2. The number of hydrogen-bond donors (Lipinski definition) is 2. The first kappa shape index (κ1) is 29.0. The monoisotopic (exact) mass is 596 g/mol. The Morgan fingerprint density at radius 2 is 1.39 bits per heavy atom. The highest BCUT2D eigenvalue weighted by molar-refractivity contribution is 7.93. The SMILES string of the molecule is COc1ccc(NS(=O)(=O)c2ccc(NC(=O)CN(c3ccc([N+](=O)[O-])cc3)S(=O)(=O)c3ccccc3)cc2)cc1. The number of amides is 1. The zero-order chi connectivity index (χ0) is 29.6. The first-order chi connectivity index (χ1) is 19.5. The van der Waals surface area contributed by atoms with Crippen LogP contribution in [0.1, 0.15) is 0 Å². The number of nitro benzene ring substituents is 1.